The van der Waals surface area contributed by atoms with Gasteiger partial charge in [-0.15, -0.1) is 0 Å². The number of sulfonamides is 1. The first kappa shape index (κ1) is 15.4. The first-order valence-corrected chi connectivity index (χ1v) is 7.86. The summed E-state index contributed by atoms with van der Waals surface area (Å²) in [4.78, 5) is 11.1. The van der Waals surface area contributed by atoms with E-state index < -0.39 is 21.5 Å². The Kier molecular flexibility index (Phi) is 5.55. The summed E-state index contributed by atoms with van der Waals surface area (Å²) in [6.45, 7) is 1.71. The van der Waals surface area contributed by atoms with Crippen LogP contribution in [0.1, 0.15) is 39.0 Å². The SMILES string of the molecule is CCOC(=O)CCS(=O)(=O)NC1(CO)CCCC1. The highest BCUT2D eigenvalue weighted by Gasteiger charge is 2.36. The molecule has 1 fully saturated rings. The second kappa shape index (κ2) is 6.49. The van der Waals surface area contributed by atoms with Crippen molar-refractivity contribution in [1.82, 2.24) is 4.72 Å². The van der Waals surface area contributed by atoms with Gasteiger partial charge in [-0.3, -0.25) is 4.79 Å². The third-order valence-electron chi connectivity index (χ3n) is 3.12. The number of rotatable bonds is 7. The number of esters is 1. The second-order valence-corrected chi connectivity index (χ2v) is 6.46. The van der Waals surface area contributed by atoms with Crippen LogP contribution >= 0.6 is 0 Å². The molecule has 0 aliphatic heterocycles. The molecular formula is C11H21NO5S. The summed E-state index contributed by atoms with van der Waals surface area (Å²) in [5, 5.41) is 9.32. The van der Waals surface area contributed by atoms with Gasteiger partial charge in [0.1, 0.15) is 0 Å². The van der Waals surface area contributed by atoms with Crippen LogP contribution in [0.15, 0.2) is 0 Å². The Labute approximate surface area is 108 Å². The number of aliphatic hydroxyl groups is 1. The molecule has 0 amide bonds. The average molecular weight is 279 g/mol. The maximum absolute atomic E-state index is 11.8. The third-order valence-corrected chi connectivity index (χ3v) is 4.60. The van der Waals surface area contributed by atoms with Crippen LogP contribution in [-0.4, -0.2) is 44.0 Å². The lowest BCUT2D eigenvalue weighted by Crippen LogP contribution is -2.50. The lowest BCUT2D eigenvalue weighted by atomic mass is 10.0. The number of nitrogens with one attached hydrogen (secondary N) is 1. The Morgan fingerprint density at radius 1 is 1.39 bits per heavy atom. The van der Waals surface area contributed by atoms with Crippen molar-refractivity contribution in [2.45, 2.75) is 44.6 Å². The Morgan fingerprint density at radius 2 is 2.00 bits per heavy atom. The van der Waals surface area contributed by atoms with Crippen LogP contribution in [0.25, 0.3) is 0 Å². The van der Waals surface area contributed by atoms with Gasteiger partial charge in [0.25, 0.3) is 0 Å². The molecule has 1 aliphatic carbocycles. The van der Waals surface area contributed by atoms with Crippen LogP contribution < -0.4 is 4.72 Å². The van der Waals surface area contributed by atoms with E-state index in [4.69, 9.17) is 0 Å². The molecule has 0 radical (unpaired) electrons. The molecule has 0 spiro atoms. The van der Waals surface area contributed by atoms with Crippen molar-refractivity contribution in [1.29, 1.82) is 0 Å². The van der Waals surface area contributed by atoms with Gasteiger partial charge < -0.3 is 9.84 Å². The van der Waals surface area contributed by atoms with E-state index in [0.717, 1.165) is 12.8 Å². The summed E-state index contributed by atoms with van der Waals surface area (Å²) < 4.78 is 30.9. The first-order chi connectivity index (χ1) is 8.43. The van der Waals surface area contributed by atoms with Gasteiger partial charge in [-0.05, 0) is 19.8 Å². The number of ether oxygens (including phenoxy) is 1. The fourth-order valence-electron chi connectivity index (χ4n) is 2.18. The number of aliphatic hydroxyl groups excluding tert-OH is 1. The smallest absolute Gasteiger partial charge is 0.306 e. The largest absolute Gasteiger partial charge is 0.466 e. The topological polar surface area (TPSA) is 92.7 Å². The number of carbonyl (C=O) groups is 1. The molecule has 0 aromatic heterocycles. The van der Waals surface area contributed by atoms with E-state index in [0.29, 0.717) is 12.8 Å². The van der Waals surface area contributed by atoms with Crippen LogP contribution in [0.5, 0.6) is 0 Å². The van der Waals surface area contributed by atoms with Gasteiger partial charge >= 0.3 is 5.97 Å². The van der Waals surface area contributed by atoms with Crippen molar-refractivity contribution in [2.75, 3.05) is 19.0 Å². The van der Waals surface area contributed by atoms with E-state index in [-0.39, 0.29) is 25.4 Å². The second-order valence-electron chi connectivity index (χ2n) is 4.62. The molecule has 1 rings (SSSR count). The van der Waals surface area contributed by atoms with Gasteiger partial charge in [-0.25, -0.2) is 13.1 Å². The Balaban J connectivity index is 2.51. The van der Waals surface area contributed by atoms with Crippen molar-refractivity contribution >= 4 is 16.0 Å². The molecule has 0 aromatic carbocycles. The summed E-state index contributed by atoms with van der Waals surface area (Å²) in [6.07, 6.45) is 2.93. The van der Waals surface area contributed by atoms with Crippen molar-refractivity contribution in [3.8, 4) is 0 Å². The summed E-state index contributed by atoms with van der Waals surface area (Å²) in [5.41, 5.74) is -0.729. The molecule has 1 saturated carbocycles. The van der Waals surface area contributed by atoms with E-state index in [2.05, 4.69) is 9.46 Å². The van der Waals surface area contributed by atoms with Crippen LogP contribution in [0, 0.1) is 0 Å². The fraction of sp³-hybridized carbons (Fsp3) is 0.909. The molecular weight excluding hydrogens is 258 g/mol. The normalized spacial score (nSPS) is 18.8. The molecule has 0 bridgehead atoms. The lowest BCUT2D eigenvalue weighted by molar-refractivity contribution is -0.142. The van der Waals surface area contributed by atoms with Crippen LogP contribution in [-0.2, 0) is 19.6 Å². The molecule has 0 unspecified atom stereocenters. The summed E-state index contributed by atoms with van der Waals surface area (Å²) in [5.74, 6) is -0.819. The Bertz CT molecular complexity index is 373. The zero-order valence-electron chi connectivity index (χ0n) is 10.6. The molecule has 0 atom stereocenters. The molecule has 18 heavy (non-hydrogen) atoms. The lowest BCUT2D eigenvalue weighted by Gasteiger charge is -2.27. The highest BCUT2D eigenvalue weighted by Crippen LogP contribution is 2.29. The van der Waals surface area contributed by atoms with E-state index in [1.165, 1.54) is 0 Å². The van der Waals surface area contributed by atoms with Gasteiger partial charge in [-0.2, -0.15) is 0 Å². The highest BCUT2D eigenvalue weighted by atomic mass is 32.2. The minimum atomic E-state index is -3.56. The van der Waals surface area contributed by atoms with E-state index in [1.807, 2.05) is 0 Å². The monoisotopic (exact) mass is 279 g/mol. The maximum atomic E-state index is 11.8. The molecule has 7 heteroatoms. The zero-order chi connectivity index (χ0) is 13.6. The van der Waals surface area contributed by atoms with Crippen molar-refractivity contribution in [2.24, 2.45) is 0 Å². The van der Waals surface area contributed by atoms with E-state index >= 15 is 0 Å². The Hall–Kier alpha value is -0.660. The van der Waals surface area contributed by atoms with Crippen LogP contribution in [0.3, 0.4) is 0 Å². The summed E-state index contributed by atoms with van der Waals surface area (Å²) in [7, 11) is -3.56. The van der Waals surface area contributed by atoms with Gasteiger partial charge in [0, 0.05) is 0 Å². The van der Waals surface area contributed by atoms with E-state index in [9.17, 15) is 18.3 Å². The van der Waals surface area contributed by atoms with E-state index in [1.54, 1.807) is 6.92 Å². The summed E-state index contributed by atoms with van der Waals surface area (Å²) >= 11 is 0. The average Bonchev–Trinajstić information content (AvgIpc) is 2.76. The van der Waals surface area contributed by atoms with Crippen molar-refractivity contribution in [3.63, 3.8) is 0 Å². The quantitative estimate of drug-likeness (QED) is 0.648. The highest BCUT2D eigenvalue weighted by molar-refractivity contribution is 7.89. The standard InChI is InChI=1S/C11H21NO5S/c1-2-17-10(14)5-8-18(15,16)12-11(9-13)6-3-4-7-11/h12-13H,2-9H2,1H3. The molecule has 1 aliphatic rings. The minimum Gasteiger partial charge on any atom is -0.466 e. The van der Waals surface area contributed by atoms with Gasteiger partial charge in [0.05, 0.1) is 30.9 Å². The molecule has 106 valence electrons. The van der Waals surface area contributed by atoms with Crippen molar-refractivity contribution < 1.29 is 23.1 Å². The van der Waals surface area contributed by atoms with Crippen LogP contribution in [0.2, 0.25) is 0 Å². The number of carbonyl (C=O) groups excluding carboxylic acids is 1. The molecule has 0 heterocycles. The first-order valence-electron chi connectivity index (χ1n) is 6.21. The molecule has 0 saturated heterocycles. The predicted octanol–water partition coefficient (Wildman–Crippen LogP) is 0.164. The Morgan fingerprint density at radius 3 is 2.50 bits per heavy atom. The number of hydrogen-bond donors (Lipinski definition) is 2. The zero-order valence-corrected chi connectivity index (χ0v) is 11.5. The third kappa shape index (κ3) is 4.55. The molecule has 2 N–H and O–H groups in total. The fourth-order valence-corrected chi connectivity index (χ4v) is 3.64. The predicted molar refractivity (Wildman–Crippen MR) is 66.5 cm³/mol. The maximum Gasteiger partial charge on any atom is 0.306 e. The summed E-state index contributed by atoms with van der Waals surface area (Å²) in [6, 6.07) is 0. The minimum absolute atomic E-state index is 0.162. The van der Waals surface area contributed by atoms with Gasteiger partial charge in [0.2, 0.25) is 10.0 Å². The molecule has 0 aromatic rings. The van der Waals surface area contributed by atoms with Crippen molar-refractivity contribution in [3.05, 3.63) is 0 Å². The van der Waals surface area contributed by atoms with Gasteiger partial charge in [0.15, 0.2) is 0 Å². The number of hydrogen-bond acceptors (Lipinski definition) is 5. The molecule has 6 nitrogen and oxygen atoms in total. The van der Waals surface area contributed by atoms with Gasteiger partial charge in [-0.1, -0.05) is 12.8 Å². The van der Waals surface area contributed by atoms with Crippen LogP contribution in [0.4, 0.5) is 0 Å².